The molecule has 2 aliphatic carbocycles. The minimum absolute atomic E-state index is 0.0974. The van der Waals surface area contributed by atoms with Crippen LogP contribution in [0, 0.1) is 5.92 Å². The number of carboxylic acid groups (broad SMARTS) is 1. The van der Waals surface area contributed by atoms with Gasteiger partial charge in [0.2, 0.25) is 11.9 Å². The van der Waals surface area contributed by atoms with Gasteiger partial charge < -0.3 is 20.5 Å². The van der Waals surface area contributed by atoms with E-state index in [2.05, 4.69) is 5.32 Å². The molecular formula is C23H21F3N2O5. The van der Waals surface area contributed by atoms with Gasteiger partial charge in [-0.25, -0.2) is 9.59 Å². The fourth-order valence-electron chi connectivity index (χ4n) is 4.30. The van der Waals surface area contributed by atoms with E-state index in [1.807, 2.05) is 48.5 Å². The van der Waals surface area contributed by atoms with E-state index in [1.165, 1.54) is 5.32 Å². The van der Waals surface area contributed by atoms with Crippen LogP contribution in [0.25, 0.3) is 11.1 Å². The number of carbonyl (C=O) groups excluding carboxylic acids is 2. The number of fused-ring (bicyclic) bond motifs is 3. The highest BCUT2D eigenvalue weighted by Crippen LogP contribution is 2.44. The van der Waals surface area contributed by atoms with Crippen LogP contribution in [0.15, 0.2) is 48.5 Å². The molecule has 174 valence electrons. The van der Waals surface area contributed by atoms with Crippen LogP contribution in [0.4, 0.5) is 18.0 Å². The minimum Gasteiger partial charge on any atom is -0.479 e. The number of halogens is 3. The highest BCUT2D eigenvalue weighted by atomic mass is 19.4. The van der Waals surface area contributed by atoms with Crippen molar-refractivity contribution in [2.24, 2.45) is 5.92 Å². The number of hydrogen-bond donors (Lipinski definition) is 3. The van der Waals surface area contributed by atoms with E-state index in [0.29, 0.717) is 0 Å². The Morgan fingerprint density at radius 1 is 1.00 bits per heavy atom. The smallest absolute Gasteiger partial charge is 0.419 e. The van der Waals surface area contributed by atoms with E-state index in [-0.39, 0.29) is 25.4 Å². The Kier molecular flexibility index (Phi) is 6.01. The van der Waals surface area contributed by atoms with E-state index in [9.17, 15) is 27.6 Å². The van der Waals surface area contributed by atoms with Crippen LogP contribution < -0.4 is 10.6 Å². The molecule has 0 spiro atoms. The van der Waals surface area contributed by atoms with Crippen LogP contribution in [-0.4, -0.2) is 47.9 Å². The number of amides is 2. The molecule has 0 saturated heterocycles. The summed E-state index contributed by atoms with van der Waals surface area (Å²) in [5, 5.41) is 12.8. The number of benzene rings is 2. The van der Waals surface area contributed by atoms with E-state index >= 15 is 0 Å². The fourth-order valence-corrected chi connectivity index (χ4v) is 4.30. The quantitative estimate of drug-likeness (QED) is 0.610. The van der Waals surface area contributed by atoms with Crippen molar-refractivity contribution in [2.45, 2.75) is 37.0 Å². The van der Waals surface area contributed by atoms with Crippen LogP contribution in [0.2, 0.25) is 0 Å². The molecule has 2 amide bonds. The van der Waals surface area contributed by atoms with Crippen molar-refractivity contribution >= 4 is 18.0 Å². The molecule has 3 N–H and O–H groups in total. The number of carboxylic acids is 1. The molecule has 33 heavy (non-hydrogen) atoms. The second-order valence-corrected chi connectivity index (χ2v) is 8.16. The molecule has 1 fully saturated rings. The van der Waals surface area contributed by atoms with Gasteiger partial charge in [-0.1, -0.05) is 48.5 Å². The predicted octanol–water partition coefficient (Wildman–Crippen LogP) is 3.44. The van der Waals surface area contributed by atoms with Crippen molar-refractivity contribution < 1.29 is 37.4 Å². The molecule has 0 bridgehead atoms. The molecule has 2 aromatic carbocycles. The van der Waals surface area contributed by atoms with Crippen molar-refractivity contribution in [3.8, 4) is 11.1 Å². The summed E-state index contributed by atoms with van der Waals surface area (Å²) in [6.45, 7) is 0.113. The highest BCUT2D eigenvalue weighted by molar-refractivity contribution is 5.86. The lowest BCUT2D eigenvalue weighted by atomic mass is 9.79. The average molecular weight is 462 g/mol. The predicted molar refractivity (Wildman–Crippen MR) is 110 cm³/mol. The van der Waals surface area contributed by atoms with Crippen molar-refractivity contribution in [3.63, 3.8) is 0 Å². The van der Waals surface area contributed by atoms with Crippen LogP contribution in [0.3, 0.4) is 0 Å². The van der Waals surface area contributed by atoms with Crippen LogP contribution >= 0.6 is 0 Å². The third-order valence-corrected chi connectivity index (χ3v) is 6.04. The molecule has 0 aromatic heterocycles. The second-order valence-electron chi connectivity index (χ2n) is 8.16. The SMILES string of the molecule is O=C(NC1CC(C(=O)NC(C(=O)O)C(F)(F)F)C1)OCC1c2ccccc2-c2ccccc21. The summed E-state index contributed by atoms with van der Waals surface area (Å²) in [5.41, 5.74) is 4.30. The van der Waals surface area contributed by atoms with Crippen molar-refractivity contribution in [1.29, 1.82) is 0 Å². The van der Waals surface area contributed by atoms with Gasteiger partial charge in [-0.2, -0.15) is 13.2 Å². The van der Waals surface area contributed by atoms with Crippen molar-refractivity contribution in [2.75, 3.05) is 6.61 Å². The number of alkyl carbamates (subject to hydrolysis) is 1. The Hall–Kier alpha value is -3.56. The minimum atomic E-state index is -5.09. The van der Waals surface area contributed by atoms with Crippen molar-refractivity contribution in [3.05, 3.63) is 59.7 Å². The molecule has 2 aliphatic rings. The number of hydrogen-bond acceptors (Lipinski definition) is 4. The number of carbonyl (C=O) groups is 3. The first kappa shape index (κ1) is 22.6. The second kappa shape index (κ2) is 8.76. The van der Waals surface area contributed by atoms with Gasteiger partial charge in [0.25, 0.3) is 0 Å². The largest absolute Gasteiger partial charge is 0.479 e. The molecule has 10 heteroatoms. The first-order valence-corrected chi connectivity index (χ1v) is 10.4. The molecule has 4 rings (SSSR count). The summed E-state index contributed by atoms with van der Waals surface area (Å²) >= 11 is 0. The standard InChI is InChI=1S/C23H21F3N2O5/c24-23(25,26)19(21(30)31)28-20(29)12-9-13(10-12)27-22(32)33-11-18-16-7-3-1-5-14(16)15-6-2-4-8-17(15)18/h1-8,12-13,18-19H,9-11H2,(H,27,32)(H,28,29)(H,30,31). The highest BCUT2D eigenvalue weighted by Gasteiger charge is 2.48. The summed E-state index contributed by atoms with van der Waals surface area (Å²) in [5.74, 6) is -4.11. The van der Waals surface area contributed by atoms with E-state index in [0.717, 1.165) is 22.3 Å². The Bertz CT molecular complexity index is 1040. The summed E-state index contributed by atoms with van der Waals surface area (Å²) < 4.78 is 43.5. The fraction of sp³-hybridized carbons (Fsp3) is 0.348. The monoisotopic (exact) mass is 462 g/mol. The normalized spacial score (nSPS) is 20.1. The Morgan fingerprint density at radius 3 is 2.06 bits per heavy atom. The van der Waals surface area contributed by atoms with Crippen LogP contribution in [-0.2, 0) is 14.3 Å². The summed E-state index contributed by atoms with van der Waals surface area (Å²) in [4.78, 5) is 34.9. The van der Waals surface area contributed by atoms with Gasteiger partial charge in [0.1, 0.15) is 6.61 Å². The van der Waals surface area contributed by atoms with E-state index in [4.69, 9.17) is 9.84 Å². The molecule has 1 atom stereocenters. The molecule has 1 unspecified atom stereocenters. The van der Waals surface area contributed by atoms with Gasteiger partial charge in [0, 0.05) is 17.9 Å². The Balaban J connectivity index is 1.27. The Labute approximate surface area is 186 Å². The average Bonchev–Trinajstić information content (AvgIpc) is 3.05. The number of rotatable bonds is 6. The van der Waals surface area contributed by atoms with Gasteiger partial charge in [-0.05, 0) is 35.1 Å². The van der Waals surface area contributed by atoms with E-state index < -0.39 is 42.1 Å². The maximum absolute atomic E-state index is 12.7. The van der Waals surface area contributed by atoms with Gasteiger partial charge in [-0.15, -0.1) is 0 Å². The Morgan fingerprint density at radius 2 is 1.55 bits per heavy atom. The van der Waals surface area contributed by atoms with Gasteiger partial charge in [-0.3, -0.25) is 4.79 Å². The summed E-state index contributed by atoms with van der Waals surface area (Å²) in [6.07, 6.45) is -5.58. The third-order valence-electron chi connectivity index (χ3n) is 6.04. The molecule has 0 aliphatic heterocycles. The zero-order valence-corrected chi connectivity index (χ0v) is 17.3. The number of aliphatic carboxylic acids is 1. The molecule has 1 saturated carbocycles. The summed E-state index contributed by atoms with van der Waals surface area (Å²) in [6, 6.07) is 12.3. The first-order chi connectivity index (χ1) is 15.6. The molecule has 0 radical (unpaired) electrons. The van der Waals surface area contributed by atoms with Gasteiger partial charge in [0.05, 0.1) is 0 Å². The maximum atomic E-state index is 12.7. The van der Waals surface area contributed by atoms with Crippen molar-refractivity contribution in [1.82, 2.24) is 10.6 Å². The number of alkyl halides is 3. The maximum Gasteiger partial charge on any atom is 0.419 e. The lowest BCUT2D eigenvalue weighted by Crippen LogP contribution is -2.56. The van der Waals surface area contributed by atoms with E-state index in [1.54, 1.807) is 0 Å². The molecule has 2 aromatic rings. The molecule has 7 nitrogen and oxygen atoms in total. The summed E-state index contributed by atoms with van der Waals surface area (Å²) in [7, 11) is 0. The lowest BCUT2D eigenvalue weighted by molar-refractivity contribution is -0.183. The number of nitrogens with one attached hydrogen (secondary N) is 2. The molecular weight excluding hydrogens is 441 g/mol. The topological polar surface area (TPSA) is 105 Å². The first-order valence-electron chi connectivity index (χ1n) is 10.4. The van der Waals surface area contributed by atoms with Gasteiger partial charge >= 0.3 is 18.2 Å². The van der Waals surface area contributed by atoms with Crippen LogP contribution in [0.5, 0.6) is 0 Å². The third kappa shape index (κ3) is 4.64. The van der Waals surface area contributed by atoms with Gasteiger partial charge in [0.15, 0.2) is 0 Å². The zero-order valence-electron chi connectivity index (χ0n) is 17.3. The number of ether oxygens (including phenoxy) is 1. The van der Waals surface area contributed by atoms with Crippen LogP contribution in [0.1, 0.15) is 29.9 Å². The lowest BCUT2D eigenvalue weighted by Gasteiger charge is -2.35. The molecule has 0 heterocycles. The zero-order chi connectivity index (χ0) is 23.8.